The van der Waals surface area contributed by atoms with Crippen LogP contribution in [0.4, 0.5) is 0 Å². The van der Waals surface area contributed by atoms with Crippen molar-refractivity contribution in [2.75, 3.05) is 0 Å². The highest BCUT2D eigenvalue weighted by atomic mass is 35.5. The van der Waals surface area contributed by atoms with Crippen LogP contribution in [0.5, 0.6) is 0 Å². The summed E-state index contributed by atoms with van der Waals surface area (Å²) < 4.78 is 0. The van der Waals surface area contributed by atoms with E-state index in [4.69, 9.17) is 17.3 Å². The molecule has 4 heteroatoms. The predicted octanol–water partition coefficient (Wildman–Crippen LogP) is 3.11. The van der Waals surface area contributed by atoms with Crippen LogP contribution in [-0.4, -0.2) is 10.9 Å². The molecule has 1 rings (SSSR count). The molecule has 0 aliphatic rings. The summed E-state index contributed by atoms with van der Waals surface area (Å²) in [7, 11) is 0. The molecule has 0 saturated heterocycles. The first-order valence-electron chi connectivity index (χ1n) is 6.23. The number of amides is 1. The van der Waals surface area contributed by atoms with E-state index in [1.54, 1.807) is 12.1 Å². The summed E-state index contributed by atoms with van der Waals surface area (Å²) in [6.45, 7) is 7.94. The van der Waals surface area contributed by atoms with Crippen LogP contribution in [-0.2, 0) is 4.79 Å². The molecule has 19 heavy (non-hydrogen) atoms. The van der Waals surface area contributed by atoms with E-state index in [1.165, 1.54) is 0 Å². The number of halogens is 1. The molecule has 1 unspecified atom stereocenters. The summed E-state index contributed by atoms with van der Waals surface area (Å²) in [5, 5.41) is 0.362. The van der Waals surface area contributed by atoms with Gasteiger partial charge in [-0.25, -0.2) is 4.98 Å². The Morgan fingerprint density at radius 3 is 2.58 bits per heavy atom. The molecule has 0 aliphatic carbocycles. The van der Waals surface area contributed by atoms with Crippen LogP contribution >= 0.6 is 11.6 Å². The third-order valence-corrected chi connectivity index (χ3v) is 2.79. The summed E-state index contributed by atoms with van der Waals surface area (Å²) in [5.41, 5.74) is 6.56. The molecule has 0 bridgehead atoms. The van der Waals surface area contributed by atoms with Crippen LogP contribution in [0, 0.1) is 17.3 Å². The van der Waals surface area contributed by atoms with Gasteiger partial charge < -0.3 is 5.73 Å². The fourth-order valence-electron chi connectivity index (χ4n) is 1.65. The average Bonchev–Trinajstić information content (AvgIpc) is 2.28. The summed E-state index contributed by atoms with van der Waals surface area (Å²) in [6, 6.07) is 3.44. The number of nitrogens with zero attached hydrogens (tertiary/aromatic N) is 1. The van der Waals surface area contributed by atoms with Crippen molar-refractivity contribution in [1.29, 1.82) is 0 Å². The molecule has 0 aromatic carbocycles. The first kappa shape index (κ1) is 15.5. The molecular formula is C15H19ClN2O. The maximum atomic E-state index is 11.5. The van der Waals surface area contributed by atoms with Gasteiger partial charge in [-0.3, -0.25) is 4.79 Å². The lowest BCUT2D eigenvalue weighted by molar-refractivity contribution is -0.119. The Hall–Kier alpha value is -1.53. The smallest absolute Gasteiger partial charge is 0.225 e. The van der Waals surface area contributed by atoms with Gasteiger partial charge in [0.1, 0.15) is 10.8 Å². The Balaban J connectivity index is 3.32. The molecule has 1 atom stereocenters. The maximum Gasteiger partial charge on any atom is 0.225 e. The largest absolute Gasteiger partial charge is 0.369 e. The molecule has 0 saturated carbocycles. The number of hydrogen-bond acceptors (Lipinski definition) is 2. The van der Waals surface area contributed by atoms with Crippen molar-refractivity contribution >= 4 is 17.5 Å². The number of aromatic nitrogens is 1. The van der Waals surface area contributed by atoms with E-state index in [2.05, 4.69) is 16.8 Å². The van der Waals surface area contributed by atoms with Crippen molar-refractivity contribution in [3.05, 3.63) is 28.5 Å². The lowest BCUT2D eigenvalue weighted by Crippen LogP contribution is -2.22. The second-order valence-corrected chi connectivity index (χ2v) is 5.82. The SMILES string of the molecule is CCC(C(N)=O)c1ccc(Cl)nc1C#CC(C)(C)C. The Morgan fingerprint density at radius 1 is 1.47 bits per heavy atom. The van der Waals surface area contributed by atoms with Crippen LogP contribution in [0.3, 0.4) is 0 Å². The van der Waals surface area contributed by atoms with E-state index in [9.17, 15) is 4.79 Å². The monoisotopic (exact) mass is 278 g/mol. The summed E-state index contributed by atoms with van der Waals surface area (Å²) in [5.74, 6) is 5.36. The number of nitrogens with two attached hydrogens (primary N) is 1. The molecule has 1 aromatic heterocycles. The highest BCUT2D eigenvalue weighted by Crippen LogP contribution is 2.23. The zero-order valence-corrected chi connectivity index (χ0v) is 12.5. The molecule has 0 fully saturated rings. The van der Waals surface area contributed by atoms with E-state index < -0.39 is 0 Å². The van der Waals surface area contributed by atoms with Crippen LogP contribution in [0.1, 0.15) is 51.3 Å². The second-order valence-electron chi connectivity index (χ2n) is 5.44. The zero-order valence-electron chi connectivity index (χ0n) is 11.7. The maximum absolute atomic E-state index is 11.5. The number of carbonyl (C=O) groups is 1. The van der Waals surface area contributed by atoms with Crippen molar-refractivity contribution in [3.8, 4) is 11.8 Å². The molecule has 0 radical (unpaired) electrons. The standard InChI is InChI=1S/C15H19ClN2O/c1-5-10(14(17)19)11-6-7-13(16)18-12(11)8-9-15(2,3)4/h6-7,10H,5H2,1-4H3,(H2,17,19). The molecule has 2 N–H and O–H groups in total. The van der Waals surface area contributed by atoms with Gasteiger partial charge in [-0.1, -0.05) is 30.5 Å². The number of hydrogen-bond donors (Lipinski definition) is 1. The minimum absolute atomic E-state index is 0.143. The molecule has 102 valence electrons. The quantitative estimate of drug-likeness (QED) is 0.682. The molecule has 1 amide bonds. The fourth-order valence-corrected chi connectivity index (χ4v) is 1.80. The van der Waals surface area contributed by atoms with Gasteiger partial charge in [-0.05, 0) is 44.7 Å². The van der Waals surface area contributed by atoms with E-state index >= 15 is 0 Å². The van der Waals surface area contributed by atoms with Crippen LogP contribution in [0.25, 0.3) is 0 Å². The topological polar surface area (TPSA) is 56.0 Å². The predicted molar refractivity (Wildman–Crippen MR) is 77.8 cm³/mol. The Labute approximate surface area is 119 Å². The minimum atomic E-state index is -0.381. The zero-order chi connectivity index (χ0) is 14.6. The van der Waals surface area contributed by atoms with Gasteiger partial charge in [0.15, 0.2) is 0 Å². The molecule has 1 heterocycles. The van der Waals surface area contributed by atoms with Gasteiger partial charge in [0.25, 0.3) is 0 Å². The summed E-state index contributed by atoms with van der Waals surface area (Å²) in [4.78, 5) is 15.7. The van der Waals surface area contributed by atoms with Gasteiger partial charge >= 0.3 is 0 Å². The summed E-state index contributed by atoms with van der Waals surface area (Å²) in [6.07, 6.45) is 0.614. The molecular weight excluding hydrogens is 260 g/mol. The van der Waals surface area contributed by atoms with Crippen LogP contribution in [0.2, 0.25) is 5.15 Å². The van der Waals surface area contributed by atoms with Gasteiger partial charge in [-0.15, -0.1) is 0 Å². The van der Waals surface area contributed by atoms with Crippen molar-refractivity contribution in [1.82, 2.24) is 4.98 Å². The van der Waals surface area contributed by atoms with Gasteiger partial charge in [-0.2, -0.15) is 0 Å². The van der Waals surface area contributed by atoms with Gasteiger partial charge in [0.2, 0.25) is 5.91 Å². The van der Waals surface area contributed by atoms with E-state index in [0.717, 1.165) is 5.56 Å². The molecule has 3 nitrogen and oxygen atoms in total. The number of carbonyl (C=O) groups excluding carboxylic acids is 1. The van der Waals surface area contributed by atoms with E-state index in [1.807, 2.05) is 27.7 Å². The third kappa shape index (κ3) is 4.57. The fraction of sp³-hybridized carbons (Fsp3) is 0.467. The highest BCUT2D eigenvalue weighted by molar-refractivity contribution is 6.29. The lowest BCUT2D eigenvalue weighted by Gasteiger charge is -2.13. The van der Waals surface area contributed by atoms with Crippen molar-refractivity contribution in [2.45, 2.75) is 40.0 Å². The third-order valence-electron chi connectivity index (χ3n) is 2.58. The van der Waals surface area contributed by atoms with Crippen LogP contribution < -0.4 is 5.73 Å². The van der Waals surface area contributed by atoms with Crippen molar-refractivity contribution in [3.63, 3.8) is 0 Å². The van der Waals surface area contributed by atoms with Crippen molar-refractivity contribution in [2.24, 2.45) is 11.1 Å². The number of primary amides is 1. The van der Waals surface area contributed by atoms with Gasteiger partial charge in [0.05, 0.1) is 5.92 Å². The van der Waals surface area contributed by atoms with E-state index in [0.29, 0.717) is 17.3 Å². The molecule has 1 aromatic rings. The number of rotatable bonds is 3. The Kier molecular flexibility index (Phi) is 4.97. The van der Waals surface area contributed by atoms with E-state index in [-0.39, 0.29) is 17.2 Å². The first-order chi connectivity index (χ1) is 8.74. The van der Waals surface area contributed by atoms with Crippen LogP contribution in [0.15, 0.2) is 12.1 Å². The normalized spacial score (nSPS) is 12.5. The first-order valence-corrected chi connectivity index (χ1v) is 6.61. The average molecular weight is 279 g/mol. The molecule has 0 spiro atoms. The number of pyridine rings is 1. The molecule has 0 aliphatic heterocycles. The van der Waals surface area contributed by atoms with Gasteiger partial charge in [0, 0.05) is 5.41 Å². The Bertz CT molecular complexity index is 535. The second kappa shape index (κ2) is 6.08. The minimum Gasteiger partial charge on any atom is -0.369 e. The summed E-state index contributed by atoms with van der Waals surface area (Å²) >= 11 is 5.90. The van der Waals surface area contributed by atoms with Crippen molar-refractivity contribution < 1.29 is 4.79 Å². The highest BCUT2D eigenvalue weighted by Gasteiger charge is 2.19. The lowest BCUT2D eigenvalue weighted by atomic mass is 9.93. The Morgan fingerprint density at radius 2 is 2.11 bits per heavy atom.